The van der Waals surface area contributed by atoms with Gasteiger partial charge in [0.1, 0.15) is 5.75 Å². The van der Waals surface area contributed by atoms with Crippen LogP contribution in [0.5, 0.6) is 5.75 Å². The molecule has 1 aliphatic heterocycles. The van der Waals surface area contributed by atoms with Crippen molar-refractivity contribution >= 4 is 0 Å². The van der Waals surface area contributed by atoms with Crippen LogP contribution in [0.2, 0.25) is 0 Å². The van der Waals surface area contributed by atoms with Crippen LogP contribution in [0, 0.1) is 0 Å². The lowest BCUT2D eigenvalue weighted by atomic mass is 10.0. The third kappa shape index (κ3) is 2.15. The van der Waals surface area contributed by atoms with Crippen molar-refractivity contribution in [3.05, 3.63) is 29.8 Å². The molecular formula is C13H19NO. The largest absolute Gasteiger partial charge is 0.496 e. The molecule has 15 heavy (non-hydrogen) atoms. The SMILES string of the molecule is COc1ccccc1C1CCC(C)(C)N1. The van der Waals surface area contributed by atoms with E-state index in [9.17, 15) is 0 Å². The number of hydrogen-bond acceptors (Lipinski definition) is 2. The van der Waals surface area contributed by atoms with Crippen LogP contribution in [-0.4, -0.2) is 12.6 Å². The summed E-state index contributed by atoms with van der Waals surface area (Å²) in [5.41, 5.74) is 1.54. The lowest BCUT2D eigenvalue weighted by Crippen LogP contribution is -2.33. The first-order valence-electron chi connectivity index (χ1n) is 5.53. The van der Waals surface area contributed by atoms with Crippen LogP contribution in [0.1, 0.15) is 38.3 Å². The molecule has 1 aromatic rings. The lowest BCUT2D eigenvalue weighted by molar-refractivity contribution is 0.393. The van der Waals surface area contributed by atoms with Gasteiger partial charge in [0, 0.05) is 17.1 Å². The molecule has 1 N–H and O–H groups in total. The molecule has 0 aliphatic carbocycles. The summed E-state index contributed by atoms with van der Waals surface area (Å²) in [6, 6.07) is 8.71. The predicted molar refractivity (Wildman–Crippen MR) is 62.2 cm³/mol. The first kappa shape index (κ1) is 10.5. The predicted octanol–water partition coefficient (Wildman–Crippen LogP) is 2.90. The maximum absolute atomic E-state index is 5.39. The van der Waals surface area contributed by atoms with Crippen molar-refractivity contribution in [3.63, 3.8) is 0 Å². The molecule has 1 atom stereocenters. The number of rotatable bonds is 2. The quantitative estimate of drug-likeness (QED) is 0.801. The molecule has 2 rings (SSSR count). The van der Waals surface area contributed by atoms with Gasteiger partial charge in [-0.3, -0.25) is 0 Å². The normalized spacial score (nSPS) is 24.1. The summed E-state index contributed by atoms with van der Waals surface area (Å²) >= 11 is 0. The second kappa shape index (κ2) is 3.86. The summed E-state index contributed by atoms with van der Waals surface area (Å²) < 4.78 is 5.39. The van der Waals surface area contributed by atoms with E-state index in [4.69, 9.17) is 4.74 Å². The topological polar surface area (TPSA) is 21.3 Å². The first-order chi connectivity index (χ1) is 7.12. The van der Waals surface area contributed by atoms with Crippen LogP contribution in [0.25, 0.3) is 0 Å². The lowest BCUT2D eigenvalue weighted by Gasteiger charge is -2.21. The fourth-order valence-corrected chi connectivity index (χ4v) is 2.31. The number of ether oxygens (including phenoxy) is 1. The molecule has 2 nitrogen and oxygen atoms in total. The second-order valence-corrected chi connectivity index (χ2v) is 4.86. The number of methoxy groups -OCH3 is 1. The average molecular weight is 205 g/mol. The van der Waals surface area contributed by atoms with E-state index in [-0.39, 0.29) is 5.54 Å². The molecular weight excluding hydrogens is 186 g/mol. The molecule has 1 unspecified atom stereocenters. The molecule has 1 heterocycles. The summed E-state index contributed by atoms with van der Waals surface area (Å²) in [5, 5.41) is 3.64. The zero-order valence-electron chi connectivity index (χ0n) is 9.71. The third-order valence-electron chi connectivity index (χ3n) is 3.14. The zero-order chi connectivity index (χ0) is 10.9. The van der Waals surface area contributed by atoms with Gasteiger partial charge in [0.05, 0.1) is 7.11 Å². The molecule has 1 fully saturated rings. The van der Waals surface area contributed by atoms with E-state index in [2.05, 4.69) is 31.3 Å². The Balaban J connectivity index is 2.23. The molecule has 0 aromatic heterocycles. The molecule has 2 heteroatoms. The van der Waals surface area contributed by atoms with E-state index in [1.54, 1.807) is 7.11 Å². The van der Waals surface area contributed by atoms with Crippen molar-refractivity contribution in [3.8, 4) is 5.75 Å². The molecule has 0 amide bonds. The fraction of sp³-hybridized carbons (Fsp3) is 0.538. The van der Waals surface area contributed by atoms with E-state index >= 15 is 0 Å². The van der Waals surface area contributed by atoms with Gasteiger partial charge in [0.25, 0.3) is 0 Å². The minimum atomic E-state index is 0.255. The van der Waals surface area contributed by atoms with Crippen LogP contribution in [0.3, 0.4) is 0 Å². The fourth-order valence-electron chi connectivity index (χ4n) is 2.31. The maximum Gasteiger partial charge on any atom is 0.123 e. The van der Waals surface area contributed by atoms with Gasteiger partial charge in [0.15, 0.2) is 0 Å². The number of hydrogen-bond donors (Lipinski definition) is 1. The first-order valence-corrected chi connectivity index (χ1v) is 5.53. The summed E-state index contributed by atoms with van der Waals surface area (Å²) in [6.07, 6.45) is 2.41. The minimum Gasteiger partial charge on any atom is -0.496 e. The summed E-state index contributed by atoms with van der Waals surface area (Å²) in [7, 11) is 1.74. The monoisotopic (exact) mass is 205 g/mol. The van der Waals surface area contributed by atoms with Gasteiger partial charge >= 0.3 is 0 Å². The number of nitrogens with one attached hydrogen (secondary N) is 1. The molecule has 0 bridgehead atoms. The van der Waals surface area contributed by atoms with Crippen LogP contribution in [-0.2, 0) is 0 Å². The van der Waals surface area contributed by atoms with Gasteiger partial charge in [-0.05, 0) is 32.8 Å². The highest BCUT2D eigenvalue weighted by Gasteiger charge is 2.31. The molecule has 1 saturated heterocycles. The van der Waals surface area contributed by atoms with Crippen LogP contribution >= 0.6 is 0 Å². The molecule has 82 valence electrons. The number of benzene rings is 1. The Kier molecular flexibility index (Phi) is 2.70. The Morgan fingerprint density at radius 3 is 2.67 bits per heavy atom. The Labute approximate surface area is 91.6 Å². The van der Waals surface area contributed by atoms with Gasteiger partial charge < -0.3 is 10.1 Å². The number of para-hydroxylation sites is 1. The van der Waals surface area contributed by atoms with E-state index in [0.29, 0.717) is 6.04 Å². The highest BCUT2D eigenvalue weighted by molar-refractivity contribution is 5.36. The van der Waals surface area contributed by atoms with E-state index in [1.165, 1.54) is 18.4 Å². The molecule has 1 aromatic carbocycles. The van der Waals surface area contributed by atoms with Crippen molar-refractivity contribution in [1.29, 1.82) is 0 Å². The van der Waals surface area contributed by atoms with Crippen molar-refractivity contribution < 1.29 is 4.74 Å². The minimum absolute atomic E-state index is 0.255. The Morgan fingerprint density at radius 1 is 1.33 bits per heavy atom. The highest BCUT2D eigenvalue weighted by Crippen LogP contribution is 2.36. The maximum atomic E-state index is 5.39. The van der Waals surface area contributed by atoms with E-state index < -0.39 is 0 Å². The Bertz CT molecular complexity index is 346. The van der Waals surface area contributed by atoms with Crippen molar-refractivity contribution in [1.82, 2.24) is 5.32 Å². The standard InChI is InChI=1S/C13H19NO/c1-13(2)9-8-11(14-13)10-6-4-5-7-12(10)15-3/h4-7,11,14H,8-9H2,1-3H3. The summed E-state index contributed by atoms with van der Waals surface area (Å²) in [4.78, 5) is 0. The van der Waals surface area contributed by atoms with Crippen LogP contribution in [0.15, 0.2) is 24.3 Å². The summed E-state index contributed by atoms with van der Waals surface area (Å²) in [5.74, 6) is 0.993. The molecule has 1 aliphatic rings. The van der Waals surface area contributed by atoms with Gasteiger partial charge in [0.2, 0.25) is 0 Å². The average Bonchev–Trinajstić information content (AvgIpc) is 2.59. The second-order valence-electron chi connectivity index (χ2n) is 4.86. The third-order valence-corrected chi connectivity index (χ3v) is 3.14. The van der Waals surface area contributed by atoms with Crippen molar-refractivity contribution in [2.45, 2.75) is 38.3 Å². The van der Waals surface area contributed by atoms with Crippen LogP contribution in [0.4, 0.5) is 0 Å². The Hall–Kier alpha value is -1.02. The van der Waals surface area contributed by atoms with Gasteiger partial charge in [-0.25, -0.2) is 0 Å². The van der Waals surface area contributed by atoms with Crippen molar-refractivity contribution in [2.24, 2.45) is 0 Å². The van der Waals surface area contributed by atoms with Crippen molar-refractivity contribution in [2.75, 3.05) is 7.11 Å². The van der Waals surface area contributed by atoms with E-state index in [0.717, 1.165) is 5.75 Å². The van der Waals surface area contributed by atoms with Gasteiger partial charge in [-0.2, -0.15) is 0 Å². The molecule has 0 spiro atoms. The zero-order valence-corrected chi connectivity index (χ0v) is 9.71. The summed E-state index contributed by atoms with van der Waals surface area (Å²) in [6.45, 7) is 4.50. The smallest absolute Gasteiger partial charge is 0.123 e. The Morgan fingerprint density at radius 2 is 2.07 bits per heavy atom. The molecule has 0 radical (unpaired) electrons. The highest BCUT2D eigenvalue weighted by atomic mass is 16.5. The van der Waals surface area contributed by atoms with Crippen LogP contribution < -0.4 is 10.1 Å². The van der Waals surface area contributed by atoms with E-state index in [1.807, 2.05) is 12.1 Å². The van der Waals surface area contributed by atoms with Gasteiger partial charge in [-0.1, -0.05) is 18.2 Å². The van der Waals surface area contributed by atoms with Gasteiger partial charge in [-0.15, -0.1) is 0 Å². The molecule has 0 saturated carbocycles.